The van der Waals surface area contributed by atoms with Crippen molar-refractivity contribution in [2.24, 2.45) is 5.92 Å². The molecule has 1 fully saturated rings. The lowest BCUT2D eigenvalue weighted by Crippen LogP contribution is -2.14. The highest BCUT2D eigenvalue weighted by molar-refractivity contribution is 5.92. The molecule has 5 rings (SSSR count). The van der Waals surface area contributed by atoms with Crippen LogP contribution in [0.3, 0.4) is 0 Å². The SMILES string of the molecule is O=C(Nc1nc2cccc(-c3cn(Cc4ccccn4)nn3)n2n1)C1CC1. The Morgan fingerprint density at radius 1 is 1.19 bits per heavy atom. The van der Waals surface area contributed by atoms with Crippen LogP contribution >= 0.6 is 0 Å². The Balaban J connectivity index is 1.44. The summed E-state index contributed by atoms with van der Waals surface area (Å²) in [4.78, 5) is 20.6. The van der Waals surface area contributed by atoms with Gasteiger partial charge in [0.1, 0.15) is 5.69 Å². The van der Waals surface area contributed by atoms with Crippen LogP contribution in [0.4, 0.5) is 5.95 Å². The van der Waals surface area contributed by atoms with Gasteiger partial charge < -0.3 is 0 Å². The molecule has 134 valence electrons. The lowest BCUT2D eigenvalue weighted by atomic mass is 10.3. The highest BCUT2D eigenvalue weighted by atomic mass is 16.2. The summed E-state index contributed by atoms with van der Waals surface area (Å²) in [5.74, 6) is 0.386. The van der Waals surface area contributed by atoms with E-state index in [9.17, 15) is 4.79 Å². The number of rotatable bonds is 5. The number of hydrogen-bond acceptors (Lipinski definition) is 6. The van der Waals surface area contributed by atoms with Crippen LogP contribution in [0.5, 0.6) is 0 Å². The predicted molar refractivity (Wildman–Crippen MR) is 96.7 cm³/mol. The van der Waals surface area contributed by atoms with Crippen molar-refractivity contribution in [2.45, 2.75) is 19.4 Å². The van der Waals surface area contributed by atoms with E-state index < -0.39 is 0 Å². The fourth-order valence-electron chi connectivity index (χ4n) is 2.86. The first kappa shape index (κ1) is 15.6. The third-order valence-corrected chi connectivity index (χ3v) is 4.39. The molecule has 0 aromatic carbocycles. The average molecular weight is 360 g/mol. The van der Waals surface area contributed by atoms with Gasteiger partial charge in [0.25, 0.3) is 0 Å². The van der Waals surface area contributed by atoms with Gasteiger partial charge in [0.05, 0.1) is 24.1 Å². The molecule has 0 saturated heterocycles. The lowest BCUT2D eigenvalue weighted by molar-refractivity contribution is -0.117. The maximum atomic E-state index is 12.0. The average Bonchev–Trinajstić information content (AvgIpc) is 3.31. The Bertz CT molecular complexity index is 1110. The molecule has 1 N–H and O–H groups in total. The number of amides is 1. The van der Waals surface area contributed by atoms with Crippen molar-refractivity contribution in [3.63, 3.8) is 0 Å². The maximum Gasteiger partial charge on any atom is 0.249 e. The zero-order valence-corrected chi connectivity index (χ0v) is 14.4. The Hall–Kier alpha value is -3.62. The van der Waals surface area contributed by atoms with Gasteiger partial charge in [0, 0.05) is 12.1 Å². The van der Waals surface area contributed by atoms with Gasteiger partial charge in [-0.25, -0.2) is 9.20 Å². The van der Waals surface area contributed by atoms with Crippen LogP contribution in [0.25, 0.3) is 17.0 Å². The molecule has 0 radical (unpaired) electrons. The van der Waals surface area contributed by atoms with Crippen molar-refractivity contribution in [1.82, 2.24) is 34.6 Å². The number of carbonyl (C=O) groups excluding carboxylic acids is 1. The van der Waals surface area contributed by atoms with Gasteiger partial charge in [-0.05, 0) is 37.1 Å². The fraction of sp³-hybridized carbons (Fsp3) is 0.222. The van der Waals surface area contributed by atoms with Crippen LogP contribution in [0.1, 0.15) is 18.5 Å². The molecule has 0 bridgehead atoms. The molecule has 4 aromatic rings. The summed E-state index contributed by atoms with van der Waals surface area (Å²) in [7, 11) is 0. The topological polar surface area (TPSA) is 103 Å². The summed E-state index contributed by atoms with van der Waals surface area (Å²) in [6.45, 7) is 0.532. The Morgan fingerprint density at radius 3 is 2.93 bits per heavy atom. The molecule has 9 nitrogen and oxygen atoms in total. The van der Waals surface area contributed by atoms with E-state index in [0.717, 1.165) is 24.2 Å². The van der Waals surface area contributed by atoms with Crippen molar-refractivity contribution in [2.75, 3.05) is 5.32 Å². The first-order chi connectivity index (χ1) is 13.3. The first-order valence-electron chi connectivity index (χ1n) is 8.73. The van der Waals surface area contributed by atoms with Gasteiger partial charge in [-0.15, -0.1) is 10.2 Å². The van der Waals surface area contributed by atoms with Gasteiger partial charge in [-0.3, -0.25) is 15.1 Å². The van der Waals surface area contributed by atoms with Gasteiger partial charge in [0.2, 0.25) is 11.9 Å². The van der Waals surface area contributed by atoms with E-state index in [1.54, 1.807) is 15.4 Å². The molecule has 4 aromatic heterocycles. The zero-order chi connectivity index (χ0) is 18.2. The summed E-state index contributed by atoms with van der Waals surface area (Å²) in [5.41, 5.74) is 2.96. The van der Waals surface area contributed by atoms with Gasteiger partial charge in [-0.1, -0.05) is 17.3 Å². The van der Waals surface area contributed by atoms with Crippen molar-refractivity contribution in [1.29, 1.82) is 0 Å². The Kier molecular flexibility index (Phi) is 3.63. The van der Waals surface area contributed by atoms with Crippen LogP contribution in [-0.4, -0.2) is 40.5 Å². The third kappa shape index (κ3) is 3.14. The van der Waals surface area contributed by atoms with E-state index in [1.807, 2.05) is 42.6 Å². The summed E-state index contributed by atoms with van der Waals surface area (Å²) >= 11 is 0. The molecule has 27 heavy (non-hydrogen) atoms. The van der Waals surface area contributed by atoms with Gasteiger partial charge in [-0.2, -0.15) is 4.98 Å². The minimum atomic E-state index is -0.0197. The number of nitrogens with one attached hydrogen (secondary N) is 1. The van der Waals surface area contributed by atoms with E-state index in [1.165, 1.54) is 0 Å². The molecule has 1 amide bonds. The normalized spacial score (nSPS) is 13.8. The number of nitrogens with zero attached hydrogens (tertiary/aromatic N) is 7. The molecule has 1 aliphatic rings. The number of anilines is 1. The number of pyridine rings is 2. The predicted octanol–water partition coefficient (Wildman–Crippen LogP) is 1.78. The van der Waals surface area contributed by atoms with Crippen molar-refractivity contribution in [3.8, 4) is 11.4 Å². The van der Waals surface area contributed by atoms with Crippen molar-refractivity contribution >= 4 is 17.5 Å². The van der Waals surface area contributed by atoms with Gasteiger partial charge >= 0.3 is 0 Å². The van der Waals surface area contributed by atoms with Crippen LogP contribution in [0, 0.1) is 5.92 Å². The smallest absolute Gasteiger partial charge is 0.249 e. The molecule has 1 saturated carbocycles. The molecular weight excluding hydrogens is 344 g/mol. The molecule has 4 heterocycles. The fourth-order valence-corrected chi connectivity index (χ4v) is 2.86. The molecule has 0 atom stereocenters. The Labute approximate surface area is 154 Å². The minimum absolute atomic E-state index is 0.0197. The van der Waals surface area contributed by atoms with Crippen LogP contribution in [0.15, 0.2) is 48.8 Å². The monoisotopic (exact) mass is 360 g/mol. The van der Waals surface area contributed by atoms with E-state index in [2.05, 4.69) is 30.7 Å². The first-order valence-corrected chi connectivity index (χ1v) is 8.73. The standard InChI is InChI=1S/C18H16N8O/c27-17(12-7-8-12)21-18-20-16-6-3-5-15(26(16)23-18)14-11-25(24-22-14)10-13-4-1-2-9-19-13/h1-6,9,11-12H,7-8,10H2,(H,21,23,27). The zero-order valence-electron chi connectivity index (χ0n) is 14.4. The molecule has 0 spiro atoms. The number of fused-ring (bicyclic) bond motifs is 1. The second-order valence-electron chi connectivity index (χ2n) is 6.50. The lowest BCUT2D eigenvalue weighted by Gasteiger charge is -2.00. The van der Waals surface area contributed by atoms with E-state index in [-0.39, 0.29) is 11.8 Å². The van der Waals surface area contributed by atoms with Crippen molar-refractivity contribution < 1.29 is 4.79 Å². The molecule has 9 heteroatoms. The highest BCUT2D eigenvalue weighted by Gasteiger charge is 2.30. The summed E-state index contributed by atoms with van der Waals surface area (Å²) in [6, 6.07) is 11.4. The Morgan fingerprint density at radius 2 is 2.11 bits per heavy atom. The van der Waals surface area contributed by atoms with E-state index in [4.69, 9.17) is 0 Å². The second-order valence-corrected chi connectivity index (χ2v) is 6.50. The summed E-state index contributed by atoms with van der Waals surface area (Å²) in [5, 5.41) is 15.6. The number of aromatic nitrogens is 7. The van der Waals surface area contributed by atoms with Crippen molar-refractivity contribution in [3.05, 3.63) is 54.5 Å². The minimum Gasteiger partial charge on any atom is -0.293 e. The largest absolute Gasteiger partial charge is 0.293 e. The van der Waals surface area contributed by atoms with E-state index >= 15 is 0 Å². The van der Waals surface area contributed by atoms with E-state index in [0.29, 0.717) is 23.8 Å². The van der Waals surface area contributed by atoms with Crippen LogP contribution in [-0.2, 0) is 11.3 Å². The molecule has 1 aliphatic carbocycles. The second kappa shape index (κ2) is 6.27. The number of carbonyl (C=O) groups is 1. The quantitative estimate of drug-likeness (QED) is 0.582. The van der Waals surface area contributed by atoms with Gasteiger partial charge in [0.15, 0.2) is 5.65 Å². The van der Waals surface area contributed by atoms with Crippen LogP contribution < -0.4 is 5.32 Å². The van der Waals surface area contributed by atoms with Crippen LogP contribution in [0.2, 0.25) is 0 Å². The maximum absolute atomic E-state index is 12.0. The summed E-state index contributed by atoms with van der Waals surface area (Å²) in [6.07, 6.45) is 5.46. The highest BCUT2D eigenvalue weighted by Crippen LogP contribution is 2.30. The molecular formula is C18H16N8O. The third-order valence-electron chi connectivity index (χ3n) is 4.39. The molecule has 0 aliphatic heterocycles. The summed E-state index contributed by atoms with van der Waals surface area (Å²) < 4.78 is 3.39. The molecule has 0 unspecified atom stereocenters. The number of hydrogen-bond donors (Lipinski definition) is 1.